The molecule has 1 heterocycles. The maximum atomic E-state index is 13.7. The Balaban J connectivity index is 2.26. The number of halogens is 2. The molecule has 3 rings (SSSR count). The van der Waals surface area contributed by atoms with Crippen LogP contribution in [-0.2, 0) is 0 Å². The van der Waals surface area contributed by atoms with Gasteiger partial charge in [0, 0.05) is 11.8 Å². The van der Waals surface area contributed by atoms with Crippen LogP contribution in [0.25, 0.3) is 22.6 Å². The van der Waals surface area contributed by atoms with Gasteiger partial charge in [-0.15, -0.1) is 0 Å². The van der Waals surface area contributed by atoms with E-state index in [1.807, 2.05) is 0 Å². The van der Waals surface area contributed by atoms with Crippen molar-refractivity contribution in [2.75, 3.05) is 5.73 Å². The summed E-state index contributed by atoms with van der Waals surface area (Å²) in [5.41, 5.74) is 6.72. The highest BCUT2D eigenvalue weighted by Crippen LogP contribution is 2.30. The summed E-state index contributed by atoms with van der Waals surface area (Å²) >= 11 is 0. The third-order valence-corrected chi connectivity index (χ3v) is 2.61. The van der Waals surface area contributed by atoms with Crippen molar-refractivity contribution in [3.8, 4) is 11.5 Å². The van der Waals surface area contributed by atoms with Gasteiger partial charge < -0.3 is 10.2 Å². The highest BCUT2D eigenvalue weighted by atomic mass is 19.1. The van der Waals surface area contributed by atoms with Gasteiger partial charge in [-0.25, -0.2) is 13.8 Å². The van der Waals surface area contributed by atoms with Crippen molar-refractivity contribution < 1.29 is 13.2 Å². The summed E-state index contributed by atoms with van der Waals surface area (Å²) in [5, 5.41) is 0. The molecule has 0 aliphatic carbocycles. The zero-order valence-electron chi connectivity index (χ0n) is 9.15. The highest BCUT2D eigenvalue weighted by Gasteiger charge is 2.15. The molecule has 3 nitrogen and oxygen atoms in total. The number of aromatic nitrogens is 1. The average molecular weight is 246 g/mol. The van der Waals surface area contributed by atoms with Gasteiger partial charge in [0.25, 0.3) is 0 Å². The molecule has 0 saturated heterocycles. The molecule has 90 valence electrons. The molecule has 3 aromatic rings. The van der Waals surface area contributed by atoms with E-state index in [4.69, 9.17) is 10.2 Å². The Morgan fingerprint density at radius 3 is 2.72 bits per heavy atom. The van der Waals surface area contributed by atoms with E-state index in [9.17, 15) is 8.78 Å². The summed E-state index contributed by atoms with van der Waals surface area (Å²) in [6.45, 7) is 0. The maximum Gasteiger partial charge on any atom is 0.232 e. The Hall–Kier alpha value is -2.43. The van der Waals surface area contributed by atoms with E-state index in [0.717, 1.165) is 0 Å². The van der Waals surface area contributed by atoms with Crippen LogP contribution in [0.1, 0.15) is 0 Å². The highest BCUT2D eigenvalue weighted by molar-refractivity contribution is 5.79. The lowest BCUT2D eigenvalue weighted by atomic mass is 10.1. The van der Waals surface area contributed by atoms with Crippen molar-refractivity contribution >= 4 is 16.8 Å². The van der Waals surface area contributed by atoms with Crippen LogP contribution in [0.15, 0.2) is 40.8 Å². The Bertz CT molecular complexity index is 717. The lowest BCUT2D eigenvalue weighted by Crippen LogP contribution is -1.93. The molecule has 0 spiro atoms. The van der Waals surface area contributed by atoms with Gasteiger partial charge in [-0.1, -0.05) is 6.07 Å². The SMILES string of the molecule is Nc1cccc(F)c1-c1nc2ccc(F)cc2o1. The molecule has 0 saturated carbocycles. The fraction of sp³-hybridized carbons (Fsp3) is 0. The molecule has 0 fully saturated rings. The topological polar surface area (TPSA) is 52.0 Å². The molecule has 0 aliphatic heterocycles. The normalized spacial score (nSPS) is 11.0. The summed E-state index contributed by atoms with van der Waals surface area (Å²) in [6, 6.07) is 8.24. The summed E-state index contributed by atoms with van der Waals surface area (Å²) in [7, 11) is 0. The lowest BCUT2D eigenvalue weighted by molar-refractivity contribution is 0.588. The van der Waals surface area contributed by atoms with Crippen LogP contribution in [0.4, 0.5) is 14.5 Å². The van der Waals surface area contributed by atoms with Crippen molar-refractivity contribution in [1.82, 2.24) is 4.98 Å². The first kappa shape index (κ1) is 10.7. The van der Waals surface area contributed by atoms with Crippen molar-refractivity contribution in [3.63, 3.8) is 0 Å². The molecular weight excluding hydrogens is 238 g/mol. The first-order chi connectivity index (χ1) is 8.65. The van der Waals surface area contributed by atoms with Gasteiger partial charge in [-0.2, -0.15) is 0 Å². The average Bonchev–Trinajstić information content (AvgIpc) is 2.71. The van der Waals surface area contributed by atoms with Gasteiger partial charge in [0.15, 0.2) is 5.58 Å². The molecule has 1 aromatic heterocycles. The lowest BCUT2D eigenvalue weighted by Gasteiger charge is -2.01. The molecular formula is C13H8F2N2O. The number of benzene rings is 2. The molecule has 2 aromatic carbocycles. The number of rotatable bonds is 1. The van der Waals surface area contributed by atoms with E-state index < -0.39 is 11.6 Å². The van der Waals surface area contributed by atoms with Gasteiger partial charge in [0.05, 0.1) is 5.56 Å². The van der Waals surface area contributed by atoms with E-state index in [2.05, 4.69) is 4.98 Å². The molecule has 18 heavy (non-hydrogen) atoms. The van der Waals surface area contributed by atoms with E-state index in [1.54, 1.807) is 6.07 Å². The number of oxazole rings is 1. The van der Waals surface area contributed by atoms with Gasteiger partial charge >= 0.3 is 0 Å². The molecule has 5 heteroatoms. The zero-order chi connectivity index (χ0) is 12.7. The molecule has 0 bridgehead atoms. The molecule has 2 N–H and O–H groups in total. The molecule has 0 radical (unpaired) electrons. The van der Waals surface area contributed by atoms with Crippen LogP contribution in [-0.4, -0.2) is 4.98 Å². The smallest absolute Gasteiger partial charge is 0.232 e. The fourth-order valence-corrected chi connectivity index (χ4v) is 1.77. The van der Waals surface area contributed by atoms with Crippen LogP contribution in [0.5, 0.6) is 0 Å². The Kier molecular flexibility index (Phi) is 2.26. The number of hydrogen-bond acceptors (Lipinski definition) is 3. The first-order valence-electron chi connectivity index (χ1n) is 5.25. The van der Waals surface area contributed by atoms with Gasteiger partial charge in [-0.3, -0.25) is 0 Å². The molecule has 0 amide bonds. The minimum atomic E-state index is -0.526. The number of fused-ring (bicyclic) bond motifs is 1. The summed E-state index contributed by atoms with van der Waals surface area (Å²) in [6.07, 6.45) is 0. The van der Waals surface area contributed by atoms with Crippen LogP contribution in [0.3, 0.4) is 0 Å². The predicted octanol–water partition coefficient (Wildman–Crippen LogP) is 3.36. The molecule has 0 unspecified atom stereocenters. The van der Waals surface area contributed by atoms with E-state index >= 15 is 0 Å². The zero-order valence-corrected chi connectivity index (χ0v) is 9.15. The summed E-state index contributed by atoms with van der Waals surface area (Å²) in [4.78, 5) is 4.09. The standard InChI is InChI=1S/C13H8F2N2O/c14-7-4-5-10-11(6-7)18-13(17-10)12-8(15)2-1-3-9(12)16/h1-6H,16H2. The van der Waals surface area contributed by atoms with Gasteiger partial charge in [0.1, 0.15) is 17.2 Å². The minimum absolute atomic E-state index is 0.0474. The minimum Gasteiger partial charge on any atom is -0.436 e. The number of anilines is 1. The largest absolute Gasteiger partial charge is 0.436 e. The van der Waals surface area contributed by atoms with E-state index in [0.29, 0.717) is 5.52 Å². The second-order valence-corrected chi connectivity index (χ2v) is 3.84. The van der Waals surface area contributed by atoms with Crippen LogP contribution in [0, 0.1) is 11.6 Å². The van der Waals surface area contributed by atoms with E-state index in [1.165, 1.54) is 30.3 Å². The van der Waals surface area contributed by atoms with E-state index in [-0.39, 0.29) is 22.7 Å². The first-order valence-corrected chi connectivity index (χ1v) is 5.25. The monoisotopic (exact) mass is 246 g/mol. The summed E-state index contributed by atoms with van der Waals surface area (Å²) in [5.74, 6) is -0.917. The third-order valence-electron chi connectivity index (χ3n) is 2.61. The van der Waals surface area contributed by atoms with Crippen molar-refractivity contribution in [1.29, 1.82) is 0 Å². The molecule has 0 aliphatic rings. The summed E-state index contributed by atoms with van der Waals surface area (Å²) < 4.78 is 32.0. The number of nitrogen functional groups attached to an aromatic ring is 1. The second-order valence-electron chi connectivity index (χ2n) is 3.84. The van der Waals surface area contributed by atoms with Crippen molar-refractivity contribution in [2.24, 2.45) is 0 Å². The van der Waals surface area contributed by atoms with Crippen molar-refractivity contribution in [3.05, 3.63) is 48.0 Å². The van der Waals surface area contributed by atoms with Crippen LogP contribution < -0.4 is 5.73 Å². The Morgan fingerprint density at radius 2 is 1.94 bits per heavy atom. The Labute approximate surface area is 101 Å². The predicted molar refractivity (Wildman–Crippen MR) is 63.8 cm³/mol. The van der Waals surface area contributed by atoms with Crippen LogP contribution >= 0.6 is 0 Å². The van der Waals surface area contributed by atoms with Crippen LogP contribution in [0.2, 0.25) is 0 Å². The number of nitrogens with zero attached hydrogens (tertiary/aromatic N) is 1. The number of nitrogens with two attached hydrogens (primary N) is 1. The third kappa shape index (κ3) is 1.60. The quantitative estimate of drug-likeness (QED) is 0.670. The van der Waals surface area contributed by atoms with Crippen molar-refractivity contribution in [2.45, 2.75) is 0 Å². The van der Waals surface area contributed by atoms with Gasteiger partial charge in [0.2, 0.25) is 5.89 Å². The second kappa shape index (κ2) is 3.80. The molecule has 0 atom stereocenters. The maximum absolute atomic E-state index is 13.7. The number of hydrogen-bond donors (Lipinski definition) is 1. The van der Waals surface area contributed by atoms with Gasteiger partial charge in [-0.05, 0) is 24.3 Å². The Morgan fingerprint density at radius 1 is 1.11 bits per heavy atom. The fourth-order valence-electron chi connectivity index (χ4n) is 1.77.